The van der Waals surface area contributed by atoms with Gasteiger partial charge in [-0.2, -0.15) is 0 Å². The molecule has 2 aromatic carbocycles. The lowest BCUT2D eigenvalue weighted by molar-refractivity contribution is 0.0300. The highest BCUT2D eigenvalue weighted by Crippen LogP contribution is 2.29. The molecule has 1 heterocycles. The van der Waals surface area contributed by atoms with Crippen molar-refractivity contribution in [1.29, 1.82) is 0 Å². The van der Waals surface area contributed by atoms with E-state index in [1.54, 1.807) is 17.0 Å². The largest absolute Gasteiger partial charge is 0.378 e. The van der Waals surface area contributed by atoms with Crippen LogP contribution < -0.4 is 4.72 Å². The number of sulfonamides is 1. The molecule has 1 N–H and O–H groups in total. The first kappa shape index (κ1) is 24.3. The molecule has 1 fully saturated rings. The highest BCUT2D eigenvalue weighted by atomic mass is 32.2. The van der Waals surface area contributed by atoms with Crippen LogP contribution in [-0.4, -0.2) is 51.8 Å². The Morgan fingerprint density at radius 2 is 1.82 bits per heavy atom. The van der Waals surface area contributed by atoms with Crippen LogP contribution in [0.2, 0.25) is 0 Å². The molecule has 0 unspecified atom stereocenters. The van der Waals surface area contributed by atoms with Crippen molar-refractivity contribution in [2.24, 2.45) is 0 Å². The molecular formula is C25H32N2O4S2. The van der Waals surface area contributed by atoms with Gasteiger partial charge in [0, 0.05) is 24.0 Å². The van der Waals surface area contributed by atoms with Crippen molar-refractivity contribution < 1.29 is 17.9 Å². The number of carbonyl (C=O) groups is 1. The van der Waals surface area contributed by atoms with Gasteiger partial charge in [-0.25, -0.2) is 13.1 Å². The maximum absolute atomic E-state index is 13.4. The molecule has 0 radical (unpaired) electrons. The second-order valence-corrected chi connectivity index (χ2v) is 11.1. The van der Waals surface area contributed by atoms with E-state index in [1.807, 2.05) is 19.2 Å². The zero-order chi connectivity index (χ0) is 23.4. The van der Waals surface area contributed by atoms with E-state index in [-0.39, 0.29) is 16.8 Å². The van der Waals surface area contributed by atoms with E-state index in [4.69, 9.17) is 4.74 Å². The lowest BCUT2D eigenvalue weighted by Gasteiger charge is -2.27. The number of aryl methyl sites for hydroxylation is 2. The van der Waals surface area contributed by atoms with Crippen LogP contribution in [0.15, 0.2) is 46.2 Å². The molecule has 0 spiro atoms. The van der Waals surface area contributed by atoms with E-state index < -0.39 is 10.0 Å². The number of morpholine rings is 1. The molecule has 4 rings (SSSR count). The van der Waals surface area contributed by atoms with Crippen molar-refractivity contribution in [3.8, 4) is 0 Å². The summed E-state index contributed by atoms with van der Waals surface area (Å²) in [6, 6.07) is 10.9. The smallest absolute Gasteiger partial charge is 0.255 e. The van der Waals surface area contributed by atoms with Crippen LogP contribution in [0.25, 0.3) is 0 Å². The van der Waals surface area contributed by atoms with Crippen molar-refractivity contribution in [2.45, 2.75) is 54.9 Å². The number of hydrogen-bond donors (Lipinski definition) is 1. The average Bonchev–Trinajstić information content (AvgIpc) is 2.86. The average molecular weight is 489 g/mol. The number of hydrogen-bond acceptors (Lipinski definition) is 5. The maximum atomic E-state index is 13.4. The molecule has 1 amide bonds. The predicted octanol–water partition coefficient (Wildman–Crippen LogP) is 4.19. The van der Waals surface area contributed by atoms with Crippen molar-refractivity contribution in [3.05, 3.63) is 58.7 Å². The van der Waals surface area contributed by atoms with Crippen LogP contribution in [0.3, 0.4) is 0 Å². The molecule has 1 saturated heterocycles. The third kappa shape index (κ3) is 5.45. The third-order valence-corrected chi connectivity index (χ3v) is 8.76. The minimum Gasteiger partial charge on any atom is -0.378 e. The number of benzene rings is 2. The standard InChI is InChI=1S/C25H32N2O4S2/c1-3-23(20-9-8-18-6-4-5-7-19(18)16-20)26-33(29,30)21-10-11-24(32-2)22(17-21)25(28)27-12-14-31-15-13-27/h8-11,16-17,23,26H,3-7,12-15H2,1-2H3/t23-/m0/s1. The van der Waals surface area contributed by atoms with Crippen molar-refractivity contribution in [3.63, 3.8) is 0 Å². The predicted molar refractivity (Wildman–Crippen MR) is 131 cm³/mol. The molecule has 8 heteroatoms. The zero-order valence-electron chi connectivity index (χ0n) is 19.3. The first-order valence-electron chi connectivity index (χ1n) is 11.6. The van der Waals surface area contributed by atoms with E-state index in [0.29, 0.717) is 38.3 Å². The van der Waals surface area contributed by atoms with E-state index in [9.17, 15) is 13.2 Å². The monoisotopic (exact) mass is 488 g/mol. The molecule has 1 aliphatic carbocycles. The molecule has 178 valence electrons. The topological polar surface area (TPSA) is 75.7 Å². The van der Waals surface area contributed by atoms with E-state index >= 15 is 0 Å². The number of ether oxygens (including phenoxy) is 1. The van der Waals surface area contributed by atoms with E-state index in [0.717, 1.165) is 23.3 Å². The normalized spacial score (nSPS) is 17.5. The van der Waals surface area contributed by atoms with Crippen LogP contribution in [0.4, 0.5) is 0 Å². The minimum atomic E-state index is -3.81. The van der Waals surface area contributed by atoms with Crippen LogP contribution in [0.1, 0.15) is 59.3 Å². The molecule has 33 heavy (non-hydrogen) atoms. The molecule has 6 nitrogen and oxygen atoms in total. The van der Waals surface area contributed by atoms with Gasteiger partial charge in [0.1, 0.15) is 0 Å². The summed E-state index contributed by atoms with van der Waals surface area (Å²) in [4.78, 5) is 15.8. The van der Waals surface area contributed by atoms with Crippen LogP contribution in [0.5, 0.6) is 0 Å². The Hall–Kier alpha value is -1.87. The Labute approximate surface area is 201 Å². The molecule has 0 aromatic heterocycles. The summed E-state index contributed by atoms with van der Waals surface area (Å²) < 4.78 is 34.9. The Morgan fingerprint density at radius 1 is 1.09 bits per heavy atom. The van der Waals surface area contributed by atoms with Crippen LogP contribution in [0, 0.1) is 0 Å². The Bertz CT molecular complexity index is 1110. The fourth-order valence-electron chi connectivity index (χ4n) is 4.57. The summed E-state index contributed by atoms with van der Waals surface area (Å²) in [7, 11) is -3.81. The highest BCUT2D eigenvalue weighted by Gasteiger charge is 2.26. The van der Waals surface area contributed by atoms with Gasteiger partial charge in [-0.3, -0.25) is 4.79 Å². The summed E-state index contributed by atoms with van der Waals surface area (Å²) in [5, 5.41) is 0. The number of nitrogens with zero attached hydrogens (tertiary/aromatic N) is 1. The molecule has 2 aromatic rings. The Kier molecular flexibility index (Phi) is 7.79. The van der Waals surface area contributed by atoms with E-state index in [2.05, 4.69) is 16.9 Å². The van der Waals surface area contributed by atoms with Gasteiger partial charge in [0.25, 0.3) is 5.91 Å². The summed E-state index contributed by atoms with van der Waals surface area (Å²) in [5.74, 6) is -0.151. The lowest BCUT2D eigenvalue weighted by atomic mass is 9.89. The molecule has 1 atom stereocenters. The fourth-order valence-corrected chi connectivity index (χ4v) is 6.47. The second-order valence-electron chi connectivity index (χ2n) is 8.58. The SMILES string of the molecule is CC[C@H](NS(=O)(=O)c1ccc(SC)c(C(=O)N2CCOCC2)c1)c1ccc2c(c1)CCCC2. The number of fused-ring (bicyclic) bond motifs is 1. The van der Waals surface area contributed by atoms with Crippen LogP contribution in [-0.2, 0) is 27.6 Å². The second kappa shape index (κ2) is 10.6. The molecular weight excluding hydrogens is 456 g/mol. The molecule has 2 aliphatic rings. The van der Waals surface area contributed by atoms with Crippen LogP contribution >= 0.6 is 11.8 Å². The van der Waals surface area contributed by atoms with E-state index in [1.165, 1.54) is 41.8 Å². The lowest BCUT2D eigenvalue weighted by Crippen LogP contribution is -2.41. The van der Waals surface area contributed by atoms with Gasteiger partial charge in [0.2, 0.25) is 10.0 Å². The first-order valence-corrected chi connectivity index (χ1v) is 14.3. The molecule has 0 bridgehead atoms. The number of amides is 1. The fraction of sp³-hybridized carbons (Fsp3) is 0.480. The maximum Gasteiger partial charge on any atom is 0.255 e. The zero-order valence-corrected chi connectivity index (χ0v) is 20.9. The summed E-state index contributed by atoms with van der Waals surface area (Å²) in [5.41, 5.74) is 4.13. The van der Waals surface area contributed by atoms with Gasteiger partial charge in [0.15, 0.2) is 0 Å². The Balaban J connectivity index is 1.60. The quantitative estimate of drug-likeness (QED) is 0.592. The van der Waals surface area contributed by atoms with Crippen molar-refractivity contribution >= 4 is 27.7 Å². The minimum absolute atomic E-state index is 0.119. The summed E-state index contributed by atoms with van der Waals surface area (Å²) >= 11 is 1.44. The van der Waals surface area contributed by atoms with Gasteiger partial charge in [0.05, 0.1) is 23.7 Å². The number of carbonyl (C=O) groups excluding carboxylic acids is 1. The number of nitrogens with one attached hydrogen (secondary N) is 1. The Morgan fingerprint density at radius 3 is 2.52 bits per heavy atom. The van der Waals surface area contributed by atoms with Crippen molar-refractivity contribution in [1.82, 2.24) is 9.62 Å². The molecule has 0 saturated carbocycles. The van der Waals surface area contributed by atoms with Gasteiger partial charge in [-0.1, -0.05) is 25.1 Å². The van der Waals surface area contributed by atoms with Gasteiger partial charge in [-0.15, -0.1) is 11.8 Å². The van der Waals surface area contributed by atoms with Crippen molar-refractivity contribution in [2.75, 3.05) is 32.6 Å². The summed E-state index contributed by atoms with van der Waals surface area (Å²) in [6.45, 7) is 4.00. The summed E-state index contributed by atoms with van der Waals surface area (Å²) in [6.07, 6.45) is 7.07. The first-order chi connectivity index (χ1) is 15.9. The van der Waals surface area contributed by atoms with Gasteiger partial charge in [-0.05, 0) is 73.2 Å². The number of rotatable bonds is 7. The third-order valence-electron chi connectivity index (χ3n) is 6.49. The van der Waals surface area contributed by atoms with Gasteiger partial charge < -0.3 is 9.64 Å². The molecule has 1 aliphatic heterocycles. The highest BCUT2D eigenvalue weighted by molar-refractivity contribution is 7.98. The van der Waals surface area contributed by atoms with Gasteiger partial charge >= 0.3 is 0 Å². The number of thioether (sulfide) groups is 1.